The van der Waals surface area contributed by atoms with Crippen molar-refractivity contribution in [1.29, 1.82) is 0 Å². The van der Waals surface area contributed by atoms with E-state index in [2.05, 4.69) is 10.5 Å². The molecule has 0 aliphatic heterocycles. The first kappa shape index (κ1) is 14.2. The minimum atomic E-state index is -0.378. The van der Waals surface area contributed by atoms with Crippen LogP contribution in [0.15, 0.2) is 28.8 Å². The average molecular weight is 276 g/mol. The molecule has 1 atom stereocenters. The molecular weight excluding hydrogens is 259 g/mol. The van der Waals surface area contributed by atoms with Gasteiger partial charge in [-0.05, 0) is 32.4 Å². The van der Waals surface area contributed by atoms with Gasteiger partial charge in [0.15, 0.2) is 0 Å². The molecule has 106 valence electrons. The number of carbonyl (C=O) groups excluding carboxylic acids is 1. The van der Waals surface area contributed by atoms with E-state index in [4.69, 9.17) is 4.52 Å². The van der Waals surface area contributed by atoms with Crippen LogP contribution in [0.1, 0.15) is 36.4 Å². The molecule has 0 unspecified atom stereocenters. The maximum Gasteiger partial charge on any atom is 0.257 e. The molecule has 1 aromatic carbocycles. The van der Waals surface area contributed by atoms with Gasteiger partial charge in [0.2, 0.25) is 0 Å². The minimum Gasteiger partial charge on any atom is -0.360 e. The average Bonchev–Trinajstić information content (AvgIpc) is 2.80. The van der Waals surface area contributed by atoms with Crippen molar-refractivity contribution in [1.82, 2.24) is 10.5 Å². The summed E-state index contributed by atoms with van der Waals surface area (Å²) in [6.07, 6.45) is 0.825. The fourth-order valence-corrected chi connectivity index (χ4v) is 1.87. The number of nitrogens with one attached hydrogen (secondary N) is 1. The molecule has 1 amide bonds. The van der Waals surface area contributed by atoms with Gasteiger partial charge in [0, 0.05) is 11.6 Å². The predicted octanol–water partition coefficient (Wildman–Crippen LogP) is 3.32. The smallest absolute Gasteiger partial charge is 0.257 e. The molecule has 1 N–H and O–H groups in total. The van der Waals surface area contributed by atoms with E-state index in [0.29, 0.717) is 22.6 Å². The third kappa shape index (κ3) is 2.87. The lowest BCUT2D eigenvalue weighted by Crippen LogP contribution is -2.32. The summed E-state index contributed by atoms with van der Waals surface area (Å²) in [7, 11) is 0. The number of halogens is 1. The number of amides is 1. The molecule has 0 saturated heterocycles. The van der Waals surface area contributed by atoms with E-state index < -0.39 is 0 Å². The Labute approximate surface area is 117 Å². The van der Waals surface area contributed by atoms with Gasteiger partial charge in [0.1, 0.15) is 22.8 Å². The van der Waals surface area contributed by atoms with Crippen molar-refractivity contribution in [3.63, 3.8) is 0 Å². The largest absolute Gasteiger partial charge is 0.360 e. The Hall–Kier alpha value is -2.17. The molecule has 0 radical (unpaired) electrons. The van der Waals surface area contributed by atoms with Gasteiger partial charge in [-0.1, -0.05) is 24.2 Å². The Morgan fingerprint density at radius 3 is 2.90 bits per heavy atom. The number of nitrogens with zero attached hydrogens (tertiary/aromatic N) is 1. The highest BCUT2D eigenvalue weighted by molar-refractivity contribution is 6.00. The Balaban J connectivity index is 2.39. The number of hydrogen-bond donors (Lipinski definition) is 1. The van der Waals surface area contributed by atoms with Gasteiger partial charge in [-0.2, -0.15) is 0 Å². The van der Waals surface area contributed by atoms with Crippen molar-refractivity contribution in [2.45, 2.75) is 33.2 Å². The minimum absolute atomic E-state index is 0.0529. The second-order valence-corrected chi connectivity index (χ2v) is 4.76. The van der Waals surface area contributed by atoms with Gasteiger partial charge < -0.3 is 9.84 Å². The van der Waals surface area contributed by atoms with Crippen LogP contribution in [0.5, 0.6) is 0 Å². The Bertz CT molecular complexity index is 622. The van der Waals surface area contributed by atoms with Crippen LogP contribution in [0.25, 0.3) is 11.3 Å². The van der Waals surface area contributed by atoms with Gasteiger partial charge in [0.05, 0.1) is 0 Å². The lowest BCUT2D eigenvalue weighted by atomic mass is 10.1. The molecule has 20 heavy (non-hydrogen) atoms. The topological polar surface area (TPSA) is 55.1 Å². The summed E-state index contributed by atoms with van der Waals surface area (Å²) in [6.45, 7) is 5.57. The van der Waals surface area contributed by atoms with Gasteiger partial charge >= 0.3 is 0 Å². The lowest BCUT2D eigenvalue weighted by molar-refractivity contribution is 0.0938. The quantitative estimate of drug-likeness (QED) is 0.932. The van der Waals surface area contributed by atoms with Gasteiger partial charge in [-0.15, -0.1) is 0 Å². The second-order valence-electron chi connectivity index (χ2n) is 4.76. The van der Waals surface area contributed by atoms with Crippen LogP contribution in [-0.2, 0) is 0 Å². The van der Waals surface area contributed by atoms with Crippen molar-refractivity contribution in [3.05, 3.63) is 41.4 Å². The zero-order valence-electron chi connectivity index (χ0n) is 11.7. The fourth-order valence-electron chi connectivity index (χ4n) is 1.87. The van der Waals surface area contributed by atoms with E-state index in [-0.39, 0.29) is 17.8 Å². The SMILES string of the molecule is CC[C@H](C)NC(=O)c1c(-c2cccc(F)c2)noc1C. The first-order valence-electron chi connectivity index (χ1n) is 6.56. The van der Waals surface area contributed by atoms with E-state index in [1.54, 1.807) is 19.1 Å². The molecule has 0 aliphatic carbocycles. The summed E-state index contributed by atoms with van der Waals surface area (Å²) in [5.41, 5.74) is 1.25. The first-order valence-corrected chi connectivity index (χ1v) is 6.56. The summed E-state index contributed by atoms with van der Waals surface area (Å²) >= 11 is 0. The zero-order valence-corrected chi connectivity index (χ0v) is 11.7. The third-order valence-electron chi connectivity index (χ3n) is 3.18. The van der Waals surface area contributed by atoms with Crippen molar-refractivity contribution in [3.8, 4) is 11.3 Å². The molecule has 0 fully saturated rings. The zero-order chi connectivity index (χ0) is 14.7. The Kier molecular flexibility index (Phi) is 4.17. The lowest BCUT2D eigenvalue weighted by Gasteiger charge is -2.11. The van der Waals surface area contributed by atoms with E-state index in [9.17, 15) is 9.18 Å². The number of rotatable bonds is 4. The summed E-state index contributed by atoms with van der Waals surface area (Å²) in [6, 6.07) is 6.00. The molecule has 4 nitrogen and oxygen atoms in total. The molecule has 0 saturated carbocycles. The van der Waals surface area contributed by atoms with Crippen molar-refractivity contribution >= 4 is 5.91 Å². The molecule has 0 aliphatic rings. The summed E-state index contributed by atoms with van der Waals surface area (Å²) in [5.74, 6) is -0.209. The molecule has 0 spiro atoms. The standard InChI is InChI=1S/C15H17FN2O2/c1-4-9(2)17-15(19)13-10(3)20-18-14(13)11-6-5-7-12(16)8-11/h5-9H,4H2,1-3H3,(H,17,19)/t9-/m0/s1. The Morgan fingerprint density at radius 1 is 1.50 bits per heavy atom. The number of hydrogen-bond acceptors (Lipinski definition) is 3. The van der Waals surface area contributed by atoms with E-state index in [0.717, 1.165) is 6.42 Å². The predicted molar refractivity (Wildman–Crippen MR) is 73.9 cm³/mol. The highest BCUT2D eigenvalue weighted by Crippen LogP contribution is 2.25. The molecule has 2 rings (SSSR count). The number of carbonyl (C=O) groups is 1. The normalized spacial score (nSPS) is 12.2. The highest BCUT2D eigenvalue weighted by atomic mass is 19.1. The molecule has 1 aromatic heterocycles. The molecule has 0 bridgehead atoms. The van der Waals surface area contributed by atoms with Crippen LogP contribution in [0, 0.1) is 12.7 Å². The van der Waals surface area contributed by atoms with Crippen LogP contribution < -0.4 is 5.32 Å². The van der Waals surface area contributed by atoms with Crippen molar-refractivity contribution in [2.75, 3.05) is 0 Å². The monoisotopic (exact) mass is 276 g/mol. The number of benzene rings is 1. The van der Waals surface area contributed by atoms with Gasteiger partial charge in [-0.3, -0.25) is 4.79 Å². The van der Waals surface area contributed by atoms with Crippen LogP contribution in [0.3, 0.4) is 0 Å². The second kappa shape index (κ2) is 5.86. The maximum atomic E-state index is 13.3. The summed E-state index contributed by atoms with van der Waals surface area (Å²) in [5, 5.41) is 6.74. The van der Waals surface area contributed by atoms with Gasteiger partial charge in [-0.25, -0.2) is 4.39 Å². The molecule has 1 heterocycles. The maximum absolute atomic E-state index is 13.3. The van der Waals surface area contributed by atoms with Crippen LogP contribution in [-0.4, -0.2) is 17.1 Å². The van der Waals surface area contributed by atoms with Crippen molar-refractivity contribution in [2.24, 2.45) is 0 Å². The van der Waals surface area contributed by atoms with E-state index in [1.165, 1.54) is 12.1 Å². The summed E-state index contributed by atoms with van der Waals surface area (Å²) in [4.78, 5) is 12.3. The highest BCUT2D eigenvalue weighted by Gasteiger charge is 2.22. The number of aryl methyl sites for hydroxylation is 1. The molecule has 2 aromatic rings. The van der Waals surface area contributed by atoms with E-state index in [1.807, 2.05) is 13.8 Å². The van der Waals surface area contributed by atoms with Crippen LogP contribution >= 0.6 is 0 Å². The van der Waals surface area contributed by atoms with Gasteiger partial charge in [0.25, 0.3) is 5.91 Å². The first-order chi connectivity index (χ1) is 9.52. The fraction of sp³-hybridized carbons (Fsp3) is 0.333. The van der Waals surface area contributed by atoms with E-state index >= 15 is 0 Å². The molecular formula is C15H17FN2O2. The molecule has 5 heteroatoms. The number of aromatic nitrogens is 1. The van der Waals surface area contributed by atoms with Crippen molar-refractivity contribution < 1.29 is 13.7 Å². The third-order valence-corrected chi connectivity index (χ3v) is 3.18. The van der Waals surface area contributed by atoms with Crippen LogP contribution in [0.4, 0.5) is 4.39 Å². The Morgan fingerprint density at radius 2 is 2.25 bits per heavy atom. The summed E-state index contributed by atoms with van der Waals surface area (Å²) < 4.78 is 18.4. The van der Waals surface area contributed by atoms with Crippen LogP contribution in [0.2, 0.25) is 0 Å².